The molecule has 1 aromatic carbocycles. The summed E-state index contributed by atoms with van der Waals surface area (Å²) in [6, 6.07) is 4.13. The normalized spacial score (nSPS) is 23.9. The van der Waals surface area contributed by atoms with Gasteiger partial charge in [-0.1, -0.05) is 24.4 Å². The van der Waals surface area contributed by atoms with E-state index >= 15 is 0 Å². The summed E-state index contributed by atoms with van der Waals surface area (Å²) in [7, 11) is 0. The van der Waals surface area contributed by atoms with Crippen LogP contribution in [0.25, 0.3) is 0 Å². The Morgan fingerprint density at radius 1 is 1.09 bits per heavy atom. The summed E-state index contributed by atoms with van der Waals surface area (Å²) >= 11 is 6.48. The minimum atomic E-state index is 0.124. The highest BCUT2D eigenvalue weighted by molar-refractivity contribution is 6.30. The van der Waals surface area contributed by atoms with Gasteiger partial charge in [0.05, 0.1) is 0 Å². The summed E-state index contributed by atoms with van der Waals surface area (Å²) < 4.78 is 0. The maximum absolute atomic E-state index is 12.9. The van der Waals surface area contributed by atoms with E-state index in [-0.39, 0.29) is 29.6 Å². The number of piperazine rings is 1. The number of hydrogen-bond donors (Lipinski definition) is 0. The first-order valence-electron chi connectivity index (χ1n) is 13.3. The number of amides is 2. The van der Waals surface area contributed by atoms with Crippen LogP contribution in [-0.4, -0.2) is 71.1 Å². The average molecular weight is 502 g/mol. The number of carbonyl (C=O) groups is 3. The Kier molecular flexibility index (Phi) is 8.54. The van der Waals surface area contributed by atoms with Crippen LogP contribution in [0.1, 0.15) is 69.1 Å². The molecule has 0 radical (unpaired) electrons. The predicted molar refractivity (Wildman–Crippen MR) is 138 cm³/mol. The van der Waals surface area contributed by atoms with E-state index in [0.717, 1.165) is 55.7 Å². The molecule has 35 heavy (non-hydrogen) atoms. The van der Waals surface area contributed by atoms with Crippen molar-refractivity contribution >= 4 is 29.2 Å². The molecule has 0 unspecified atom stereocenters. The van der Waals surface area contributed by atoms with Gasteiger partial charge in [0.2, 0.25) is 11.8 Å². The van der Waals surface area contributed by atoms with Crippen LogP contribution in [-0.2, 0) is 27.3 Å². The molecule has 2 saturated heterocycles. The molecule has 3 aliphatic rings. The van der Waals surface area contributed by atoms with Gasteiger partial charge in [-0.15, -0.1) is 0 Å². The molecule has 6 nitrogen and oxygen atoms in total. The van der Waals surface area contributed by atoms with Gasteiger partial charge in [0.25, 0.3) is 0 Å². The molecule has 1 aromatic rings. The number of hydrogen-bond acceptors (Lipinski definition) is 4. The number of benzene rings is 1. The average Bonchev–Trinajstić information content (AvgIpc) is 3.46. The van der Waals surface area contributed by atoms with Gasteiger partial charge in [-0.3, -0.25) is 19.3 Å². The van der Waals surface area contributed by atoms with Crippen molar-refractivity contribution in [2.45, 2.75) is 78.3 Å². The molecular formula is C28H40ClN3O3. The van der Waals surface area contributed by atoms with Crippen molar-refractivity contribution in [2.75, 3.05) is 32.7 Å². The SMILES string of the molecule is CCN1C[C@@H](CC(=O)Cc2cc(Cl)cc(CN3CCN(C(=O)C4CCCC4)[C@@H](C)C3)c2C)CC1=O. The number of nitrogens with zero attached hydrogens (tertiary/aromatic N) is 3. The fourth-order valence-corrected chi connectivity index (χ4v) is 6.46. The van der Waals surface area contributed by atoms with Crippen molar-refractivity contribution in [1.29, 1.82) is 0 Å². The number of ketones is 1. The molecule has 0 aromatic heterocycles. The Morgan fingerprint density at radius 3 is 2.46 bits per heavy atom. The Hall–Kier alpha value is -1.92. The molecule has 2 amide bonds. The van der Waals surface area contributed by atoms with Gasteiger partial charge in [0.1, 0.15) is 5.78 Å². The minimum absolute atomic E-state index is 0.124. The zero-order valence-corrected chi connectivity index (χ0v) is 22.3. The Bertz CT molecular complexity index is 959. The van der Waals surface area contributed by atoms with E-state index in [0.29, 0.717) is 43.3 Å². The van der Waals surface area contributed by atoms with E-state index in [1.165, 1.54) is 12.8 Å². The molecule has 0 N–H and O–H groups in total. The lowest BCUT2D eigenvalue weighted by Crippen LogP contribution is -2.54. The lowest BCUT2D eigenvalue weighted by atomic mass is 9.93. The second-order valence-electron chi connectivity index (χ2n) is 10.9. The third kappa shape index (κ3) is 6.26. The predicted octanol–water partition coefficient (Wildman–Crippen LogP) is 4.24. The van der Waals surface area contributed by atoms with Gasteiger partial charge in [-0.05, 0) is 68.4 Å². The summed E-state index contributed by atoms with van der Waals surface area (Å²) in [4.78, 5) is 44.1. The van der Waals surface area contributed by atoms with Gasteiger partial charge in [-0.25, -0.2) is 0 Å². The van der Waals surface area contributed by atoms with E-state index in [2.05, 4.69) is 23.6 Å². The zero-order valence-electron chi connectivity index (χ0n) is 21.5. The van der Waals surface area contributed by atoms with Crippen molar-refractivity contribution < 1.29 is 14.4 Å². The smallest absolute Gasteiger partial charge is 0.226 e. The van der Waals surface area contributed by atoms with Crippen molar-refractivity contribution in [3.05, 3.63) is 33.8 Å². The first-order chi connectivity index (χ1) is 16.7. The monoisotopic (exact) mass is 501 g/mol. The molecule has 0 spiro atoms. The summed E-state index contributed by atoms with van der Waals surface area (Å²) in [5.74, 6) is 1.03. The van der Waals surface area contributed by atoms with E-state index in [1.807, 2.05) is 24.0 Å². The molecule has 4 rings (SSSR count). The summed E-state index contributed by atoms with van der Waals surface area (Å²) in [5, 5.41) is 0.657. The van der Waals surface area contributed by atoms with Crippen molar-refractivity contribution in [2.24, 2.45) is 11.8 Å². The van der Waals surface area contributed by atoms with Crippen LogP contribution in [0.3, 0.4) is 0 Å². The van der Waals surface area contributed by atoms with Gasteiger partial charge >= 0.3 is 0 Å². The van der Waals surface area contributed by atoms with Crippen molar-refractivity contribution in [3.63, 3.8) is 0 Å². The van der Waals surface area contributed by atoms with E-state index < -0.39 is 0 Å². The van der Waals surface area contributed by atoms with Crippen LogP contribution in [0.5, 0.6) is 0 Å². The van der Waals surface area contributed by atoms with Crippen LogP contribution >= 0.6 is 11.6 Å². The number of carbonyl (C=O) groups excluding carboxylic acids is 3. The molecule has 3 fully saturated rings. The Labute approximate surface area is 215 Å². The topological polar surface area (TPSA) is 60.9 Å². The minimum Gasteiger partial charge on any atom is -0.343 e. The van der Waals surface area contributed by atoms with Crippen LogP contribution in [0, 0.1) is 18.8 Å². The molecule has 0 bridgehead atoms. The first-order valence-corrected chi connectivity index (χ1v) is 13.7. The number of likely N-dealkylation sites (tertiary alicyclic amines) is 1. The summed E-state index contributed by atoms with van der Waals surface area (Å²) in [5.41, 5.74) is 3.26. The first kappa shape index (κ1) is 26.2. The second kappa shape index (κ2) is 11.4. The summed E-state index contributed by atoms with van der Waals surface area (Å²) in [6.07, 6.45) is 5.73. The lowest BCUT2D eigenvalue weighted by Gasteiger charge is -2.41. The van der Waals surface area contributed by atoms with Gasteiger partial charge in [-0.2, -0.15) is 0 Å². The highest BCUT2D eigenvalue weighted by Crippen LogP contribution is 2.29. The Morgan fingerprint density at radius 2 is 1.80 bits per heavy atom. The number of rotatable bonds is 8. The number of halogens is 1. The van der Waals surface area contributed by atoms with E-state index in [4.69, 9.17) is 11.6 Å². The fourth-order valence-electron chi connectivity index (χ4n) is 6.20. The standard InChI is InChI=1S/C28H40ClN3O3/c1-4-31-17-21(12-27(31)34)11-26(33)15-23-13-25(29)14-24(20(23)3)18-30-9-10-32(19(2)16-30)28(35)22-7-5-6-8-22/h13-14,19,21-22H,4-12,15-18H2,1-3H3/t19-,21-/m0/s1. The van der Waals surface area contributed by atoms with Crippen molar-refractivity contribution in [3.8, 4) is 0 Å². The molecule has 2 heterocycles. The van der Waals surface area contributed by atoms with Gasteiger partial charge in [0, 0.05) is 75.5 Å². The maximum atomic E-state index is 12.9. The van der Waals surface area contributed by atoms with Crippen molar-refractivity contribution in [1.82, 2.24) is 14.7 Å². The van der Waals surface area contributed by atoms with Gasteiger partial charge < -0.3 is 9.80 Å². The van der Waals surface area contributed by atoms with E-state index in [9.17, 15) is 14.4 Å². The van der Waals surface area contributed by atoms with Crippen LogP contribution in [0.4, 0.5) is 0 Å². The third-order valence-corrected chi connectivity index (χ3v) is 8.48. The van der Waals surface area contributed by atoms with E-state index in [1.54, 1.807) is 0 Å². The van der Waals surface area contributed by atoms with Crippen LogP contribution in [0.2, 0.25) is 5.02 Å². The Balaban J connectivity index is 1.35. The third-order valence-electron chi connectivity index (χ3n) is 8.26. The largest absolute Gasteiger partial charge is 0.343 e. The van der Waals surface area contributed by atoms with Gasteiger partial charge in [0.15, 0.2) is 0 Å². The second-order valence-corrected chi connectivity index (χ2v) is 11.3. The number of Topliss-reactive ketones (excluding diaryl/α,β-unsaturated/α-hetero) is 1. The van der Waals surface area contributed by atoms with Crippen LogP contribution in [0.15, 0.2) is 12.1 Å². The zero-order chi connectivity index (χ0) is 25.1. The highest BCUT2D eigenvalue weighted by atomic mass is 35.5. The maximum Gasteiger partial charge on any atom is 0.226 e. The quantitative estimate of drug-likeness (QED) is 0.534. The van der Waals surface area contributed by atoms with Crippen LogP contribution < -0.4 is 0 Å². The molecule has 1 aliphatic carbocycles. The molecular weight excluding hydrogens is 462 g/mol. The molecule has 192 valence electrons. The molecule has 7 heteroatoms. The molecule has 2 atom stereocenters. The highest BCUT2D eigenvalue weighted by Gasteiger charge is 2.33. The lowest BCUT2D eigenvalue weighted by molar-refractivity contribution is -0.140. The summed E-state index contributed by atoms with van der Waals surface area (Å²) in [6.45, 7) is 10.9. The molecule has 2 aliphatic heterocycles. The fraction of sp³-hybridized carbons (Fsp3) is 0.679. The molecule has 1 saturated carbocycles.